The van der Waals surface area contributed by atoms with E-state index in [4.69, 9.17) is 16.3 Å². The van der Waals surface area contributed by atoms with Gasteiger partial charge in [-0.2, -0.15) is 0 Å². The monoisotopic (exact) mass is 474 g/mol. The summed E-state index contributed by atoms with van der Waals surface area (Å²) in [6.07, 6.45) is -4.19. The first-order chi connectivity index (χ1) is 15.0. The first-order valence-electron chi connectivity index (χ1n) is 10.5. The van der Waals surface area contributed by atoms with Crippen molar-refractivity contribution < 1.29 is 37.3 Å². The van der Waals surface area contributed by atoms with Crippen LogP contribution in [0.15, 0.2) is 18.2 Å². The van der Waals surface area contributed by atoms with Gasteiger partial charge in [0.05, 0.1) is 12.7 Å². The third-order valence-corrected chi connectivity index (χ3v) is 7.09. The lowest BCUT2D eigenvalue weighted by molar-refractivity contribution is -0.326. The summed E-state index contributed by atoms with van der Waals surface area (Å²) in [5, 5.41) is 16.7. The van der Waals surface area contributed by atoms with E-state index in [1.165, 1.54) is 0 Å². The fourth-order valence-electron chi connectivity index (χ4n) is 5.28. The molecule has 0 unspecified atom stereocenters. The lowest BCUT2D eigenvalue weighted by Crippen LogP contribution is -2.84. The molecule has 4 saturated carbocycles. The fraction of sp³-hybridized carbons (Fsp3) is 0.619. The Morgan fingerprint density at radius 2 is 1.81 bits per heavy atom. The predicted octanol–water partition coefficient (Wildman–Crippen LogP) is 2.60. The Hall–Kier alpha value is -2.04. The molecule has 3 N–H and O–H groups in total. The lowest BCUT2D eigenvalue weighted by atomic mass is 9.44. The van der Waals surface area contributed by atoms with Crippen molar-refractivity contribution in [1.82, 2.24) is 10.6 Å². The molecule has 1 aromatic carbocycles. The molecule has 2 amide bonds. The van der Waals surface area contributed by atoms with Gasteiger partial charge in [-0.1, -0.05) is 11.6 Å². The highest BCUT2D eigenvalue weighted by molar-refractivity contribution is 6.30. The van der Waals surface area contributed by atoms with Crippen LogP contribution >= 0.6 is 11.6 Å². The van der Waals surface area contributed by atoms with Gasteiger partial charge < -0.3 is 20.5 Å². The Morgan fingerprint density at radius 3 is 2.47 bits per heavy atom. The molecule has 6 rings (SSSR count). The molecule has 11 heteroatoms. The average Bonchev–Trinajstić information content (AvgIpc) is 3.43. The summed E-state index contributed by atoms with van der Waals surface area (Å²) in [4.78, 5) is 25.1. The van der Waals surface area contributed by atoms with Crippen LogP contribution in [0.5, 0.6) is 5.75 Å². The van der Waals surface area contributed by atoms with Crippen LogP contribution in [0.4, 0.5) is 13.2 Å². The van der Waals surface area contributed by atoms with Crippen LogP contribution in [-0.2, 0) is 14.3 Å². The maximum atomic E-state index is 12.7. The first-order valence-corrected chi connectivity index (χ1v) is 10.8. The molecule has 4 fully saturated rings. The number of fused-ring (bicyclic) bond motifs is 1. The molecule has 32 heavy (non-hydrogen) atoms. The average molecular weight is 475 g/mol. The van der Waals surface area contributed by atoms with E-state index in [9.17, 15) is 27.9 Å². The number of hydrogen-bond acceptors (Lipinski definition) is 5. The highest BCUT2D eigenvalue weighted by Crippen LogP contribution is 2.61. The number of benzene rings is 1. The molecule has 2 bridgehead atoms. The minimum atomic E-state index is -4.69. The molecule has 4 aliphatic carbocycles. The van der Waals surface area contributed by atoms with E-state index in [1.54, 1.807) is 18.2 Å². The van der Waals surface area contributed by atoms with Crippen molar-refractivity contribution in [2.45, 2.75) is 61.8 Å². The van der Waals surface area contributed by atoms with Crippen LogP contribution in [0, 0.1) is 11.8 Å². The van der Waals surface area contributed by atoms with Gasteiger partial charge in [-0.25, -0.2) is 0 Å². The van der Waals surface area contributed by atoms with E-state index in [0.29, 0.717) is 42.0 Å². The van der Waals surface area contributed by atoms with Gasteiger partial charge in [0.1, 0.15) is 5.75 Å². The van der Waals surface area contributed by atoms with Gasteiger partial charge in [-0.15, -0.1) is 13.2 Å². The molecule has 1 aliphatic heterocycles. The van der Waals surface area contributed by atoms with Gasteiger partial charge in [-0.3, -0.25) is 14.3 Å². The third kappa shape index (κ3) is 4.04. The van der Waals surface area contributed by atoms with E-state index in [1.807, 2.05) is 0 Å². The number of carbonyl (C=O) groups excluding carboxylic acids is 2. The molecule has 1 aromatic rings. The molecule has 0 radical (unpaired) electrons. The van der Waals surface area contributed by atoms with Crippen LogP contribution in [0.25, 0.3) is 0 Å². The number of alkyl halides is 3. The maximum Gasteiger partial charge on any atom is 0.522 e. The molecule has 0 spiro atoms. The number of carbonyl (C=O) groups is 2. The molecule has 0 saturated heterocycles. The second-order valence-electron chi connectivity index (χ2n) is 9.47. The second kappa shape index (κ2) is 7.23. The molecule has 4 atom stereocenters. The quantitative estimate of drug-likeness (QED) is 0.589. The molecule has 1 heterocycles. The third-order valence-electron chi connectivity index (χ3n) is 6.86. The van der Waals surface area contributed by atoms with Gasteiger partial charge in [0.25, 0.3) is 5.91 Å². The van der Waals surface area contributed by atoms with Crippen LogP contribution in [-0.4, -0.2) is 47.1 Å². The van der Waals surface area contributed by atoms with Crippen LogP contribution in [0.3, 0.4) is 0 Å². The van der Waals surface area contributed by atoms with Gasteiger partial charge in [-0.05, 0) is 49.8 Å². The summed E-state index contributed by atoms with van der Waals surface area (Å²) < 4.78 is 45.9. The Kier molecular flexibility index (Phi) is 4.92. The summed E-state index contributed by atoms with van der Waals surface area (Å²) in [6.45, 7) is -0.503. The van der Waals surface area contributed by atoms with Gasteiger partial charge >= 0.3 is 6.36 Å². The molecule has 174 valence electrons. The maximum absolute atomic E-state index is 12.7. The first kappa shape index (κ1) is 21.8. The van der Waals surface area contributed by atoms with Crippen molar-refractivity contribution in [2.24, 2.45) is 11.8 Å². The number of nitrogens with one attached hydrogen (secondary N) is 2. The summed E-state index contributed by atoms with van der Waals surface area (Å²) in [6, 6.07) is 4.86. The number of rotatable bonds is 6. The van der Waals surface area contributed by atoms with Crippen molar-refractivity contribution in [1.29, 1.82) is 0 Å². The minimum absolute atomic E-state index is 0.111. The van der Waals surface area contributed by atoms with Crippen molar-refractivity contribution in [3.05, 3.63) is 28.8 Å². The number of amides is 2. The SMILES string of the molecule is O=C(NC12CC(NC(=O)[C@@H]3C[C@@H]3COC(F)(F)F)(C1)C2)[C@H]1C[C@@H](O)c2cc(Cl)ccc2O1. The van der Waals surface area contributed by atoms with Gasteiger partial charge in [0, 0.05) is 34.0 Å². The summed E-state index contributed by atoms with van der Waals surface area (Å²) in [7, 11) is 0. The Bertz CT molecular complexity index is 951. The molecular weight excluding hydrogens is 453 g/mol. The molecule has 0 aromatic heterocycles. The summed E-state index contributed by atoms with van der Waals surface area (Å²) >= 11 is 5.95. The smallest absolute Gasteiger partial charge is 0.480 e. The number of aliphatic hydroxyl groups excluding tert-OH is 1. The molecule has 7 nitrogen and oxygen atoms in total. The van der Waals surface area contributed by atoms with Gasteiger partial charge in [0.2, 0.25) is 5.91 Å². The van der Waals surface area contributed by atoms with Crippen LogP contribution in [0.2, 0.25) is 5.02 Å². The van der Waals surface area contributed by atoms with Gasteiger partial charge in [0.15, 0.2) is 6.10 Å². The lowest BCUT2D eigenvalue weighted by Gasteiger charge is -2.70. The van der Waals surface area contributed by atoms with Crippen molar-refractivity contribution in [3.63, 3.8) is 0 Å². The minimum Gasteiger partial charge on any atom is -0.480 e. The Morgan fingerprint density at radius 1 is 1.16 bits per heavy atom. The van der Waals surface area contributed by atoms with E-state index in [0.717, 1.165) is 0 Å². The predicted molar refractivity (Wildman–Crippen MR) is 105 cm³/mol. The van der Waals surface area contributed by atoms with Crippen LogP contribution in [0.1, 0.15) is 43.8 Å². The van der Waals surface area contributed by atoms with E-state index in [-0.39, 0.29) is 18.2 Å². The largest absolute Gasteiger partial charge is 0.522 e. The highest BCUT2D eigenvalue weighted by atomic mass is 35.5. The Labute approximate surface area is 186 Å². The molecular formula is C21H22ClF3N2O5. The highest BCUT2D eigenvalue weighted by Gasteiger charge is 2.70. The number of aliphatic hydroxyl groups is 1. The Balaban J connectivity index is 1.09. The van der Waals surface area contributed by atoms with E-state index in [2.05, 4.69) is 15.4 Å². The topological polar surface area (TPSA) is 96.9 Å². The number of hydrogen-bond donors (Lipinski definition) is 3. The zero-order valence-corrected chi connectivity index (χ0v) is 17.6. The second-order valence-corrected chi connectivity index (χ2v) is 9.91. The van der Waals surface area contributed by atoms with Crippen LogP contribution < -0.4 is 15.4 Å². The van der Waals surface area contributed by atoms with E-state index < -0.39 is 48.1 Å². The standard InChI is InChI=1S/C21H22ClF3N2O5/c22-11-1-2-15-13(4-11)14(28)5-16(32-15)18(30)27-20-7-19(8-20,9-20)26-17(29)12-3-10(12)6-31-21(23,24)25/h1-2,4,10,12,14,16,28H,3,5-9H2,(H,26,29)(H,27,30)/t10-,12-,14-,16-,19?,20?/m1/s1. The van der Waals surface area contributed by atoms with Crippen molar-refractivity contribution in [2.75, 3.05) is 6.61 Å². The number of ether oxygens (including phenoxy) is 2. The summed E-state index contributed by atoms with van der Waals surface area (Å²) in [5.74, 6) is -1.03. The van der Waals surface area contributed by atoms with Crippen molar-refractivity contribution in [3.8, 4) is 5.75 Å². The van der Waals surface area contributed by atoms with E-state index >= 15 is 0 Å². The fourth-order valence-corrected chi connectivity index (χ4v) is 5.46. The zero-order valence-electron chi connectivity index (χ0n) is 16.9. The molecule has 5 aliphatic rings. The normalized spacial score (nSPS) is 36.7. The zero-order chi connectivity index (χ0) is 22.9. The number of halogens is 4. The summed E-state index contributed by atoms with van der Waals surface area (Å²) in [5.41, 5.74) is -0.271. The van der Waals surface area contributed by atoms with Crippen molar-refractivity contribution >= 4 is 23.4 Å².